The smallest absolute Gasteiger partial charge is 0.313 e. The zero-order valence-corrected chi connectivity index (χ0v) is 18.0. The first-order chi connectivity index (χ1) is 15.4. The lowest BCUT2D eigenvalue weighted by Gasteiger charge is -2.43. The maximum atomic E-state index is 13.6. The van der Waals surface area contributed by atoms with Crippen LogP contribution in [0, 0.1) is 11.2 Å². The topological polar surface area (TPSA) is 127 Å². The van der Waals surface area contributed by atoms with Crippen molar-refractivity contribution < 1.29 is 29.3 Å². The third-order valence-corrected chi connectivity index (χ3v) is 6.61. The molecule has 0 spiro atoms. The van der Waals surface area contributed by atoms with Crippen molar-refractivity contribution in [2.75, 3.05) is 13.1 Å². The summed E-state index contributed by atoms with van der Waals surface area (Å²) in [6.07, 6.45) is 1.17. The molecule has 4 N–H and O–H groups in total. The molecule has 3 heterocycles. The van der Waals surface area contributed by atoms with E-state index in [0.717, 1.165) is 15.4 Å². The molecule has 1 fully saturated rings. The number of rotatable bonds is 6. The highest BCUT2D eigenvalue weighted by atomic mass is 32.1. The number of carbonyl (C=O) groups is 2. The van der Waals surface area contributed by atoms with Gasteiger partial charge in [0.25, 0.3) is 6.47 Å². The van der Waals surface area contributed by atoms with Crippen molar-refractivity contribution in [3.8, 4) is 10.6 Å². The summed E-state index contributed by atoms with van der Waals surface area (Å²) in [7, 11) is 0. The van der Waals surface area contributed by atoms with Crippen LogP contribution in [0.2, 0.25) is 0 Å². The molecule has 0 saturated carbocycles. The van der Waals surface area contributed by atoms with Gasteiger partial charge >= 0.3 is 5.97 Å². The Kier molecular flexibility index (Phi) is 7.73. The summed E-state index contributed by atoms with van der Waals surface area (Å²) in [5, 5.41) is 34.4. The molecule has 170 valence electrons. The number of likely N-dealkylation sites (tertiary alicyclic amines) is 1. The van der Waals surface area contributed by atoms with Crippen molar-refractivity contribution in [3.63, 3.8) is 0 Å². The Labute approximate surface area is 187 Å². The number of aliphatic hydroxyl groups is 1. The molecule has 0 radical (unpaired) electrons. The SMILES string of the molecule is O=C(O)[C@]1(Cc2cccc(F)c2)CN(Cc2ccc(-c3ccn[nH]3)s2)CC[C@H]1O.O=CO. The molecule has 1 aliphatic rings. The van der Waals surface area contributed by atoms with E-state index in [1.54, 1.807) is 29.7 Å². The monoisotopic (exact) mass is 461 g/mol. The van der Waals surface area contributed by atoms with Crippen LogP contribution < -0.4 is 0 Å². The fourth-order valence-corrected chi connectivity index (χ4v) is 5.02. The quantitative estimate of drug-likeness (QED) is 0.416. The van der Waals surface area contributed by atoms with Gasteiger partial charge in [-0.3, -0.25) is 19.6 Å². The Morgan fingerprint density at radius 1 is 1.34 bits per heavy atom. The van der Waals surface area contributed by atoms with Crippen LogP contribution in [-0.2, 0) is 22.6 Å². The number of carboxylic acid groups (broad SMARTS) is 2. The number of nitrogens with zero attached hydrogens (tertiary/aromatic N) is 2. The van der Waals surface area contributed by atoms with Crippen LogP contribution >= 0.6 is 11.3 Å². The number of H-pyrrole nitrogens is 1. The predicted octanol–water partition coefficient (Wildman–Crippen LogP) is 2.86. The molecule has 2 atom stereocenters. The summed E-state index contributed by atoms with van der Waals surface area (Å²) in [5.41, 5.74) is 0.155. The van der Waals surface area contributed by atoms with E-state index in [-0.39, 0.29) is 19.4 Å². The van der Waals surface area contributed by atoms with Gasteiger partial charge in [-0.1, -0.05) is 12.1 Å². The molecule has 0 unspecified atom stereocenters. The van der Waals surface area contributed by atoms with Crippen LogP contribution in [-0.4, -0.2) is 62.1 Å². The number of hydrogen-bond acceptors (Lipinski definition) is 6. The summed E-state index contributed by atoms with van der Waals surface area (Å²) in [6, 6.07) is 11.9. The zero-order chi connectivity index (χ0) is 23.1. The number of aliphatic hydroxyl groups excluding tert-OH is 1. The lowest BCUT2D eigenvalue weighted by atomic mass is 9.73. The average Bonchev–Trinajstić information content (AvgIpc) is 3.43. The van der Waals surface area contributed by atoms with E-state index in [0.29, 0.717) is 25.1 Å². The van der Waals surface area contributed by atoms with Gasteiger partial charge in [-0.15, -0.1) is 11.3 Å². The van der Waals surface area contributed by atoms with Gasteiger partial charge in [0.1, 0.15) is 11.2 Å². The number of hydrogen-bond donors (Lipinski definition) is 4. The van der Waals surface area contributed by atoms with E-state index in [9.17, 15) is 19.4 Å². The van der Waals surface area contributed by atoms with Crippen molar-refractivity contribution in [1.29, 1.82) is 0 Å². The highest BCUT2D eigenvalue weighted by Crippen LogP contribution is 2.36. The second-order valence-electron chi connectivity index (χ2n) is 7.62. The molecule has 1 saturated heterocycles. The van der Waals surface area contributed by atoms with Gasteiger partial charge in [-0.05, 0) is 48.7 Å². The molecular weight excluding hydrogens is 437 g/mol. The first-order valence-corrected chi connectivity index (χ1v) is 10.7. The molecule has 3 aromatic rings. The molecule has 0 bridgehead atoms. The minimum absolute atomic E-state index is 0.0849. The van der Waals surface area contributed by atoms with E-state index in [4.69, 9.17) is 9.90 Å². The average molecular weight is 462 g/mol. The van der Waals surface area contributed by atoms with Crippen molar-refractivity contribution in [3.05, 3.63) is 64.9 Å². The Hall–Kier alpha value is -3.08. The van der Waals surface area contributed by atoms with Crippen LogP contribution in [0.25, 0.3) is 10.6 Å². The van der Waals surface area contributed by atoms with Gasteiger partial charge in [0, 0.05) is 30.7 Å². The minimum Gasteiger partial charge on any atom is -0.483 e. The van der Waals surface area contributed by atoms with E-state index >= 15 is 0 Å². The van der Waals surface area contributed by atoms with Crippen molar-refractivity contribution in [2.24, 2.45) is 5.41 Å². The molecule has 0 aliphatic carbocycles. The predicted molar refractivity (Wildman–Crippen MR) is 117 cm³/mol. The van der Waals surface area contributed by atoms with Gasteiger partial charge in [-0.2, -0.15) is 5.10 Å². The van der Waals surface area contributed by atoms with Gasteiger partial charge in [-0.25, -0.2) is 4.39 Å². The molecular formula is C22H24FN3O5S. The van der Waals surface area contributed by atoms with E-state index in [1.807, 2.05) is 18.2 Å². The number of benzene rings is 1. The third-order valence-electron chi connectivity index (χ3n) is 5.50. The van der Waals surface area contributed by atoms with Crippen LogP contribution in [0.1, 0.15) is 16.9 Å². The number of thiophene rings is 1. The number of aliphatic carboxylic acids is 1. The number of piperidine rings is 1. The number of aromatic nitrogens is 2. The molecule has 10 heteroatoms. The van der Waals surface area contributed by atoms with Crippen LogP contribution in [0.4, 0.5) is 4.39 Å². The zero-order valence-electron chi connectivity index (χ0n) is 17.1. The second-order valence-corrected chi connectivity index (χ2v) is 8.79. The first kappa shape index (κ1) is 23.6. The van der Waals surface area contributed by atoms with Gasteiger partial charge < -0.3 is 15.3 Å². The standard InChI is InChI=1S/C21H22FN3O3S.CH2O2/c22-15-3-1-2-14(10-15)11-21(20(27)28)13-25(9-7-19(21)26)12-16-4-5-18(29-16)17-6-8-23-24-17;2-1-3/h1-6,8,10,19,26H,7,9,11-13H2,(H,23,24)(H,27,28);1H,(H,2,3)/t19-,21-;/m1./s1. The lowest BCUT2D eigenvalue weighted by molar-refractivity contribution is -0.163. The Bertz CT molecular complexity index is 1040. The molecule has 32 heavy (non-hydrogen) atoms. The Morgan fingerprint density at radius 2 is 2.12 bits per heavy atom. The number of aromatic amines is 1. The van der Waals surface area contributed by atoms with Gasteiger partial charge in [0.15, 0.2) is 0 Å². The maximum Gasteiger partial charge on any atom is 0.313 e. The maximum absolute atomic E-state index is 13.6. The van der Waals surface area contributed by atoms with E-state index in [1.165, 1.54) is 12.1 Å². The number of nitrogens with one attached hydrogen (secondary N) is 1. The van der Waals surface area contributed by atoms with E-state index < -0.39 is 23.3 Å². The molecule has 0 amide bonds. The molecule has 2 aromatic heterocycles. The fourth-order valence-electron chi connectivity index (χ4n) is 3.99. The van der Waals surface area contributed by atoms with Crippen molar-refractivity contribution >= 4 is 23.8 Å². The summed E-state index contributed by atoms with van der Waals surface area (Å²) in [6.45, 7) is 1.16. The lowest BCUT2D eigenvalue weighted by Crippen LogP contribution is -2.56. The molecule has 1 aliphatic heterocycles. The fraction of sp³-hybridized carbons (Fsp3) is 0.318. The van der Waals surface area contributed by atoms with Crippen LogP contribution in [0.3, 0.4) is 0 Å². The van der Waals surface area contributed by atoms with Gasteiger partial charge in [0.05, 0.1) is 16.7 Å². The van der Waals surface area contributed by atoms with Crippen LogP contribution in [0.5, 0.6) is 0 Å². The summed E-state index contributed by atoms with van der Waals surface area (Å²) >= 11 is 1.63. The minimum atomic E-state index is -1.37. The Morgan fingerprint density at radius 3 is 2.78 bits per heavy atom. The second kappa shape index (κ2) is 10.5. The first-order valence-electron chi connectivity index (χ1n) is 9.92. The van der Waals surface area contributed by atoms with Crippen LogP contribution in [0.15, 0.2) is 48.7 Å². The molecule has 1 aromatic carbocycles. The third kappa shape index (κ3) is 5.39. The largest absolute Gasteiger partial charge is 0.483 e. The van der Waals surface area contributed by atoms with Gasteiger partial charge in [0.2, 0.25) is 0 Å². The summed E-state index contributed by atoms with van der Waals surface area (Å²) in [4.78, 5) is 24.8. The Balaban J connectivity index is 0.000000913. The van der Waals surface area contributed by atoms with Crippen molar-refractivity contribution in [2.45, 2.75) is 25.5 Å². The highest BCUT2D eigenvalue weighted by molar-refractivity contribution is 7.15. The number of halogens is 1. The number of carboxylic acids is 1. The van der Waals surface area contributed by atoms with Crippen molar-refractivity contribution in [1.82, 2.24) is 15.1 Å². The highest BCUT2D eigenvalue weighted by Gasteiger charge is 2.49. The normalized spacial score (nSPS) is 20.9. The summed E-state index contributed by atoms with van der Waals surface area (Å²) in [5.74, 6) is -1.46. The summed E-state index contributed by atoms with van der Waals surface area (Å²) < 4.78 is 13.6. The molecule has 4 rings (SSSR count). The van der Waals surface area contributed by atoms with E-state index in [2.05, 4.69) is 15.1 Å². The molecule has 8 nitrogen and oxygen atoms in total.